The van der Waals surface area contributed by atoms with E-state index in [0.29, 0.717) is 55.5 Å². The number of aromatic amines is 2. The average Bonchev–Trinajstić information content (AvgIpc) is 4.11. The van der Waals surface area contributed by atoms with Crippen LogP contribution in [0.15, 0.2) is 110 Å². The molecule has 17 nitrogen and oxygen atoms in total. The van der Waals surface area contributed by atoms with E-state index in [-0.39, 0.29) is 64.2 Å². The van der Waals surface area contributed by atoms with Crippen LogP contribution < -0.4 is 11.1 Å². The Morgan fingerprint density at radius 1 is 0.639 bits per heavy atom. The van der Waals surface area contributed by atoms with Gasteiger partial charge in [-0.25, -0.2) is 18.7 Å². The minimum atomic E-state index is -0.527. The number of hydrogen-bond donors (Lipinski definition) is 2. The van der Waals surface area contributed by atoms with Gasteiger partial charge in [-0.05, 0) is 24.3 Å². The zero-order chi connectivity index (χ0) is 43.2. The summed E-state index contributed by atoms with van der Waals surface area (Å²) in [5, 5.41) is 16.7. The number of benzene rings is 2. The second-order valence-electron chi connectivity index (χ2n) is 12.6. The fourth-order valence-corrected chi connectivity index (χ4v) is 6.28. The van der Waals surface area contributed by atoms with Crippen molar-refractivity contribution in [3.05, 3.63) is 150 Å². The van der Waals surface area contributed by atoms with E-state index in [1.807, 2.05) is 0 Å². The lowest BCUT2D eigenvalue weighted by Gasteiger charge is -2.07. The lowest BCUT2D eigenvalue weighted by Crippen LogP contribution is -2.16. The van der Waals surface area contributed by atoms with Crippen LogP contribution in [0.4, 0.5) is 8.78 Å². The first-order chi connectivity index (χ1) is 29.4. The maximum Gasteiger partial charge on any atom is 0.269 e. The van der Waals surface area contributed by atoms with Gasteiger partial charge >= 0.3 is 0 Å². The molecule has 0 aliphatic carbocycles. The van der Waals surface area contributed by atoms with E-state index in [1.54, 1.807) is 53.2 Å². The van der Waals surface area contributed by atoms with Crippen molar-refractivity contribution in [3.63, 3.8) is 0 Å². The fourth-order valence-electron chi connectivity index (χ4n) is 5.63. The van der Waals surface area contributed by atoms with E-state index in [9.17, 15) is 28.0 Å². The maximum atomic E-state index is 14.3. The summed E-state index contributed by atoms with van der Waals surface area (Å²) >= 11 is 22.6. The normalized spacial score (nSPS) is 12.3. The van der Waals surface area contributed by atoms with Crippen molar-refractivity contribution in [3.8, 4) is 45.8 Å². The van der Waals surface area contributed by atoms with Crippen LogP contribution in [0.25, 0.3) is 45.8 Å². The second-order valence-corrected chi connectivity index (χ2v) is 14.2. The molecular weight excluding hydrogens is 886 g/mol. The van der Waals surface area contributed by atoms with Gasteiger partial charge in [0.05, 0.1) is 40.7 Å². The molecule has 6 aromatic heterocycles. The van der Waals surface area contributed by atoms with Gasteiger partial charge in [-0.3, -0.25) is 28.5 Å². The molecule has 0 unspecified atom stereocenters. The number of carbonyl (C=O) groups excluding carboxylic acids is 2. The molecule has 0 radical (unpaired) electrons. The SMILES string of the molecule is O=C1CCC(=O)N1Cl.O=c1[nH]c(-c2cc(-c3ccon3)n(Cc3cccc(Cl)c3F)n2)ncc1Cl.O=c1ccnc(-c2cc(-c3ccon3)n(Cc3cccc(Cl)c3F)n2)[nH]1. The highest BCUT2D eigenvalue weighted by Crippen LogP contribution is 2.28. The topological polar surface area (TPSA) is 217 Å². The first kappa shape index (κ1) is 42.3. The van der Waals surface area contributed by atoms with E-state index < -0.39 is 17.2 Å². The summed E-state index contributed by atoms with van der Waals surface area (Å²) in [4.78, 5) is 57.4. The van der Waals surface area contributed by atoms with Crippen molar-refractivity contribution >= 4 is 58.4 Å². The monoisotopic (exact) mass is 909 g/mol. The van der Waals surface area contributed by atoms with Gasteiger partial charge < -0.3 is 19.0 Å². The minimum absolute atomic E-state index is 0.0200. The van der Waals surface area contributed by atoms with Crippen molar-refractivity contribution in [1.29, 1.82) is 0 Å². The van der Waals surface area contributed by atoms with Crippen LogP contribution in [0.1, 0.15) is 24.0 Å². The van der Waals surface area contributed by atoms with Crippen LogP contribution in [-0.2, 0) is 22.7 Å². The summed E-state index contributed by atoms with van der Waals surface area (Å²) in [6.07, 6.45) is 6.00. The molecule has 0 atom stereocenters. The number of H-pyrrole nitrogens is 2. The number of halogens is 6. The third kappa shape index (κ3) is 9.82. The summed E-state index contributed by atoms with van der Waals surface area (Å²) in [6, 6.07) is 17.5. The molecule has 0 spiro atoms. The van der Waals surface area contributed by atoms with E-state index >= 15 is 0 Å². The Morgan fingerprint density at radius 2 is 1.15 bits per heavy atom. The Hall–Kier alpha value is -6.80. The van der Waals surface area contributed by atoms with Crippen molar-refractivity contribution in [2.24, 2.45) is 0 Å². The molecule has 1 fully saturated rings. The predicted molar refractivity (Wildman–Crippen MR) is 216 cm³/mol. The summed E-state index contributed by atoms with van der Waals surface area (Å²) in [5.41, 5.74) is 2.86. The highest BCUT2D eigenvalue weighted by molar-refractivity contribution is 6.32. The third-order valence-electron chi connectivity index (χ3n) is 8.57. The Balaban J connectivity index is 0.000000156. The molecule has 1 aliphatic heterocycles. The molecule has 0 saturated carbocycles. The Morgan fingerprint density at radius 3 is 1.57 bits per heavy atom. The van der Waals surface area contributed by atoms with Crippen LogP contribution in [0.2, 0.25) is 15.1 Å². The number of nitrogens with zero attached hydrogens (tertiary/aromatic N) is 9. The molecule has 8 aromatic rings. The van der Waals surface area contributed by atoms with Gasteiger partial charge in [0.1, 0.15) is 52.0 Å². The molecule has 310 valence electrons. The fraction of sp³-hybridized carbons (Fsp3) is 0.105. The number of carbonyl (C=O) groups is 2. The van der Waals surface area contributed by atoms with E-state index in [2.05, 4.69) is 40.4 Å². The molecule has 61 heavy (non-hydrogen) atoms. The summed E-state index contributed by atoms with van der Waals surface area (Å²) < 4.78 is 42.1. The number of rotatable bonds is 8. The number of amides is 2. The van der Waals surface area contributed by atoms with Crippen molar-refractivity contribution < 1.29 is 27.4 Å². The molecular formula is C38H25Cl4F2N11O6. The largest absolute Gasteiger partial charge is 0.364 e. The van der Waals surface area contributed by atoms with Gasteiger partial charge in [0.2, 0.25) is 11.8 Å². The highest BCUT2D eigenvalue weighted by atomic mass is 35.5. The van der Waals surface area contributed by atoms with Gasteiger partial charge in [0.15, 0.2) is 11.6 Å². The zero-order valence-corrected chi connectivity index (χ0v) is 33.8. The molecule has 23 heteroatoms. The first-order valence-corrected chi connectivity index (χ1v) is 19.0. The first-order valence-electron chi connectivity index (χ1n) is 17.5. The number of hydrogen-bond acceptors (Lipinski definition) is 12. The molecule has 1 saturated heterocycles. The highest BCUT2D eigenvalue weighted by Gasteiger charge is 2.27. The van der Waals surface area contributed by atoms with E-state index in [4.69, 9.17) is 55.6 Å². The molecule has 7 heterocycles. The number of imide groups is 1. The summed E-state index contributed by atoms with van der Waals surface area (Å²) in [6.45, 7) is 0.206. The van der Waals surface area contributed by atoms with Crippen LogP contribution in [-0.4, -0.2) is 66.0 Å². The molecule has 2 N–H and O–H groups in total. The molecule has 9 rings (SSSR count). The van der Waals surface area contributed by atoms with Gasteiger partial charge in [-0.2, -0.15) is 14.6 Å². The van der Waals surface area contributed by atoms with Gasteiger partial charge in [-0.15, -0.1) is 0 Å². The second kappa shape index (κ2) is 18.6. The summed E-state index contributed by atoms with van der Waals surface area (Å²) in [5.74, 6) is -1.11. The van der Waals surface area contributed by atoms with Crippen LogP contribution in [0.3, 0.4) is 0 Å². The molecule has 0 bridgehead atoms. The Labute approximate surface area is 360 Å². The smallest absolute Gasteiger partial charge is 0.269 e. The molecule has 1 aliphatic rings. The van der Waals surface area contributed by atoms with Crippen LogP contribution >= 0.6 is 46.6 Å². The predicted octanol–water partition coefficient (Wildman–Crippen LogP) is 7.20. The Bertz CT molecular complexity index is 2950. The summed E-state index contributed by atoms with van der Waals surface area (Å²) in [7, 11) is 0. The number of aromatic nitrogens is 10. The van der Waals surface area contributed by atoms with E-state index in [1.165, 1.54) is 47.8 Å². The maximum absolute atomic E-state index is 14.3. The van der Waals surface area contributed by atoms with Crippen molar-refractivity contribution in [2.75, 3.05) is 0 Å². The van der Waals surface area contributed by atoms with Crippen LogP contribution in [0.5, 0.6) is 0 Å². The van der Waals surface area contributed by atoms with Gasteiger partial charge in [-0.1, -0.05) is 69.4 Å². The molecule has 2 amide bonds. The van der Waals surface area contributed by atoms with Gasteiger partial charge in [0, 0.05) is 60.1 Å². The van der Waals surface area contributed by atoms with Crippen molar-refractivity contribution in [2.45, 2.75) is 25.9 Å². The van der Waals surface area contributed by atoms with Crippen molar-refractivity contribution in [1.82, 2.24) is 54.2 Å². The zero-order valence-electron chi connectivity index (χ0n) is 30.7. The minimum Gasteiger partial charge on any atom is -0.364 e. The Kier molecular flexibility index (Phi) is 12.9. The van der Waals surface area contributed by atoms with Gasteiger partial charge in [0.25, 0.3) is 11.1 Å². The quantitative estimate of drug-likeness (QED) is 0.114. The average molecular weight is 911 g/mol. The van der Waals surface area contributed by atoms with E-state index in [0.717, 1.165) is 0 Å². The third-order valence-corrected chi connectivity index (χ3v) is 9.80. The lowest BCUT2D eigenvalue weighted by atomic mass is 10.2. The van der Waals surface area contributed by atoms with Crippen LogP contribution in [0, 0.1) is 11.6 Å². The lowest BCUT2D eigenvalue weighted by molar-refractivity contribution is -0.132. The standard InChI is InChI=1S/C17H10Cl2FN5O2.C17H11ClFN5O2.C4H4ClNO2/c18-10-3-1-2-9(15(10)20)8-25-14(12-4-5-27-24-12)6-13(23-25)16-21-7-11(19)17(26)22-16;18-11-3-1-2-10(16(11)19)9-24-14(12-5-7-26-23-12)8-13(22-24)17-20-6-4-15(25)21-17;5-6-3(7)1-2-4(6)8/h1-7H,8H2,(H,21,22,26);1-8H,9H2,(H,20,21,25);1-2H2. The molecule has 2 aromatic carbocycles. The number of nitrogens with one attached hydrogen (secondary N) is 2.